The first-order valence-corrected chi connectivity index (χ1v) is 7.76. The molecule has 21 heavy (non-hydrogen) atoms. The summed E-state index contributed by atoms with van der Waals surface area (Å²) in [5.74, 6) is -0.0533. The number of likely N-dealkylation sites (N-methyl/N-ethyl adjacent to an activating group) is 1. The highest BCUT2D eigenvalue weighted by Crippen LogP contribution is 2.32. The van der Waals surface area contributed by atoms with Crippen molar-refractivity contribution in [2.45, 2.75) is 43.8 Å². The van der Waals surface area contributed by atoms with E-state index in [1.807, 2.05) is 18.2 Å². The first kappa shape index (κ1) is 14.5. The molecule has 0 bridgehead atoms. The number of benzene rings is 1. The number of amides is 1. The molecule has 114 valence electrons. The largest absolute Gasteiger partial charge is 0.388 e. The number of nitrogens with zero attached hydrogens (tertiary/aromatic N) is 1. The molecule has 3 rings (SSSR count). The van der Waals surface area contributed by atoms with Gasteiger partial charge in [-0.1, -0.05) is 37.1 Å². The van der Waals surface area contributed by atoms with Crippen LogP contribution in [0.5, 0.6) is 0 Å². The van der Waals surface area contributed by atoms with Crippen LogP contribution < -0.4 is 0 Å². The molecule has 2 aliphatic rings. The van der Waals surface area contributed by atoms with Crippen molar-refractivity contribution in [1.29, 1.82) is 0 Å². The number of aliphatic hydroxyl groups is 1. The SMILES string of the molecule is CN(CC1(O)CCCC1)C(=O)C1OCCc2ccccc21. The molecule has 4 nitrogen and oxygen atoms in total. The fourth-order valence-electron chi connectivity index (χ4n) is 3.51. The lowest BCUT2D eigenvalue weighted by Crippen LogP contribution is -2.44. The fraction of sp³-hybridized carbons (Fsp3) is 0.588. The summed E-state index contributed by atoms with van der Waals surface area (Å²) in [5.41, 5.74) is 1.45. The van der Waals surface area contributed by atoms with E-state index < -0.39 is 11.7 Å². The van der Waals surface area contributed by atoms with E-state index in [0.29, 0.717) is 13.2 Å². The number of carbonyl (C=O) groups excluding carboxylic acids is 1. The van der Waals surface area contributed by atoms with Crippen molar-refractivity contribution in [2.24, 2.45) is 0 Å². The first-order chi connectivity index (χ1) is 10.1. The molecule has 0 spiro atoms. The molecule has 1 atom stereocenters. The van der Waals surface area contributed by atoms with Crippen molar-refractivity contribution in [3.05, 3.63) is 35.4 Å². The Bertz CT molecular complexity index is 523. The molecule has 1 amide bonds. The van der Waals surface area contributed by atoms with Crippen molar-refractivity contribution in [2.75, 3.05) is 20.2 Å². The molecule has 1 unspecified atom stereocenters. The van der Waals surface area contributed by atoms with Gasteiger partial charge in [0.15, 0.2) is 6.10 Å². The predicted octanol–water partition coefficient (Wildman–Crippen LogP) is 2.06. The Morgan fingerprint density at radius 3 is 2.86 bits per heavy atom. The fourth-order valence-corrected chi connectivity index (χ4v) is 3.51. The monoisotopic (exact) mass is 289 g/mol. The van der Waals surface area contributed by atoms with Gasteiger partial charge in [0.05, 0.1) is 12.2 Å². The lowest BCUT2D eigenvalue weighted by molar-refractivity contribution is -0.147. The summed E-state index contributed by atoms with van der Waals surface area (Å²) in [6.07, 6.45) is 3.99. The van der Waals surface area contributed by atoms with E-state index in [9.17, 15) is 9.90 Å². The van der Waals surface area contributed by atoms with Crippen LogP contribution in [-0.4, -0.2) is 41.7 Å². The average Bonchev–Trinajstić information content (AvgIpc) is 2.92. The Morgan fingerprint density at radius 2 is 2.10 bits per heavy atom. The summed E-state index contributed by atoms with van der Waals surface area (Å²) >= 11 is 0. The van der Waals surface area contributed by atoms with E-state index in [4.69, 9.17) is 4.74 Å². The maximum Gasteiger partial charge on any atom is 0.256 e. The topological polar surface area (TPSA) is 49.8 Å². The molecule has 1 aliphatic heterocycles. The van der Waals surface area contributed by atoms with Crippen LogP contribution in [0.15, 0.2) is 24.3 Å². The molecular formula is C17H23NO3. The van der Waals surface area contributed by atoms with Gasteiger partial charge in [0.25, 0.3) is 5.91 Å². The number of ether oxygens (including phenoxy) is 1. The third-order valence-corrected chi connectivity index (χ3v) is 4.66. The van der Waals surface area contributed by atoms with Crippen LogP contribution in [0.25, 0.3) is 0 Å². The third kappa shape index (κ3) is 2.97. The summed E-state index contributed by atoms with van der Waals surface area (Å²) in [7, 11) is 1.76. The van der Waals surface area contributed by atoms with Gasteiger partial charge >= 0.3 is 0 Å². The molecule has 1 heterocycles. The van der Waals surface area contributed by atoms with Crippen molar-refractivity contribution >= 4 is 5.91 Å². The van der Waals surface area contributed by atoms with Gasteiger partial charge in [-0.05, 0) is 30.4 Å². The molecule has 1 fully saturated rings. The first-order valence-electron chi connectivity index (χ1n) is 7.76. The molecule has 4 heteroatoms. The molecule has 0 aromatic heterocycles. The Kier molecular flexibility index (Phi) is 4.00. The quantitative estimate of drug-likeness (QED) is 0.926. The van der Waals surface area contributed by atoms with E-state index in [2.05, 4.69) is 6.07 Å². The van der Waals surface area contributed by atoms with Crippen LogP contribution in [0.3, 0.4) is 0 Å². The summed E-state index contributed by atoms with van der Waals surface area (Å²) in [5, 5.41) is 10.5. The standard InChI is InChI=1S/C17H23NO3/c1-18(12-17(20)9-4-5-10-17)16(19)15-14-7-3-2-6-13(14)8-11-21-15/h2-3,6-7,15,20H,4-5,8-12H2,1H3. The zero-order valence-corrected chi connectivity index (χ0v) is 12.5. The van der Waals surface area contributed by atoms with Gasteiger partial charge in [-0.25, -0.2) is 0 Å². The highest BCUT2D eigenvalue weighted by atomic mass is 16.5. The smallest absolute Gasteiger partial charge is 0.256 e. The molecule has 0 radical (unpaired) electrons. The van der Waals surface area contributed by atoms with E-state index in [1.54, 1.807) is 11.9 Å². The van der Waals surface area contributed by atoms with Gasteiger partial charge in [0.2, 0.25) is 0 Å². The summed E-state index contributed by atoms with van der Waals surface area (Å²) < 4.78 is 5.71. The van der Waals surface area contributed by atoms with Gasteiger partial charge in [-0.2, -0.15) is 0 Å². The van der Waals surface area contributed by atoms with Gasteiger partial charge < -0.3 is 14.7 Å². The Morgan fingerprint density at radius 1 is 1.38 bits per heavy atom. The minimum Gasteiger partial charge on any atom is -0.388 e. The molecule has 1 aromatic rings. The Balaban J connectivity index is 1.73. The number of hydrogen-bond acceptors (Lipinski definition) is 3. The normalized spacial score (nSPS) is 23.6. The Hall–Kier alpha value is -1.39. The van der Waals surface area contributed by atoms with Crippen LogP contribution in [-0.2, 0) is 16.0 Å². The molecule has 1 aliphatic carbocycles. The van der Waals surface area contributed by atoms with Gasteiger partial charge in [-0.3, -0.25) is 4.79 Å². The average molecular weight is 289 g/mol. The number of fused-ring (bicyclic) bond motifs is 1. The zero-order valence-electron chi connectivity index (χ0n) is 12.5. The molecule has 1 N–H and O–H groups in total. The summed E-state index contributed by atoms with van der Waals surface area (Å²) in [4.78, 5) is 14.3. The van der Waals surface area contributed by atoms with Crippen molar-refractivity contribution in [3.63, 3.8) is 0 Å². The molecule has 1 aromatic carbocycles. The van der Waals surface area contributed by atoms with Crippen LogP contribution >= 0.6 is 0 Å². The van der Waals surface area contributed by atoms with E-state index in [-0.39, 0.29) is 5.91 Å². The maximum atomic E-state index is 12.7. The van der Waals surface area contributed by atoms with Gasteiger partial charge in [0, 0.05) is 13.6 Å². The second kappa shape index (κ2) is 5.78. The summed E-state index contributed by atoms with van der Waals surface area (Å²) in [6.45, 7) is 0.972. The highest BCUT2D eigenvalue weighted by Gasteiger charge is 2.36. The van der Waals surface area contributed by atoms with Crippen LogP contribution in [0.2, 0.25) is 0 Å². The zero-order chi connectivity index (χ0) is 14.9. The van der Waals surface area contributed by atoms with Crippen LogP contribution in [0.1, 0.15) is 42.9 Å². The van der Waals surface area contributed by atoms with E-state index in [0.717, 1.165) is 37.7 Å². The molecular weight excluding hydrogens is 266 g/mol. The van der Waals surface area contributed by atoms with E-state index in [1.165, 1.54) is 5.56 Å². The minimum atomic E-state index is -0.710. The minimum absolute atomic E-state index is 0.0533. The molecule has 1 saturated carbocycles. The second-order valence-electron chi connectivity index (χ2n) is 6.33. The Labute approximate surface area is 125 Å². The number of carbonyl (C=O) groups is 1. The van der Waals surface area contributed by atoms with Crippen molar-refractivity contribution in [1.82, 2.24) is 4.90 Å². The predicted molar refractivity (Wildman–Crippen MR) is 79.9 cm³/mol. The van der Waals surface area contributed by atoms with Gasteiger partial charge in [0.1, 0.15) is 0 Å². The lowest BCUT2D eigenvalue weighted by Gasteiger charge is -2.33. The highest BCUT2D eigenvalue weighted by molar-refractivity contribution is 5.82. The lowest BCUT2D eigenvalue weighted by atomic mass is 9.96. The van der Waals surface area contributed by atoms with Crippen molar-refractivity contribution < 1.29 is 14.6 Å². The second-order valence-corrected chi connectivity index (χ2v) is 6.33. The number of hydrogen-bond donors (Lipinski definition) is 1. The van der Waals surface area contributed by atoms with Crippen LogP contribution in [0.4, 0.5) is 0 Å². The van der Waals surface area contributed by atoms with Crippen molar-refractivity contribution in [3.8, 4) is 0 Å². The van der Waals surface area contributed by atoms with E-state index >= 15 is 0 Å². The van der Waals surface area contributed by atoms with Gasteiger partial charge in [-0.15, -0.1) is 0 Å². The summed E-state index contributed by atoms with van der Waals surface area (Å²) in [6, 6.07) is 7.97. The molecule has 0 saturated heterocycles. The van der Waals surface area contributed by atoms with Crippen LogP contribution in [0, 0.1) is 0 Å². The third-order valence-electron chi connectivity index (χ3n) is 4.66. The maximum absolute atomic E-state index is 12.7. The number of rotatable bonds is 3.